The normalized spacial score (nSPS) is 13.2. The molecule has 0 aromatic heterocycles. The summed E-state index contributed by atoms with van der Waals surface area (Å²) in [5, 5.41) is 14.0. The summed E-state index contributed by atoms with van der Waals surface area (Å²) in [6, 6.07) is 17.7. The van der Waals surface area contributed by atoms with Crippen LogP contribution in [-0.4, -0.2) is 36.5 Å². The molecule has 0 bridgehead atoms. The van der Waals surface area contributed by atoms with Crippen LogP contribution in [0.4, 0.5) is 11.4 Å². The molecule has 8 nitrogen and oxygen atoms in total. The lowest BCUT2D eigenvalue weighted by atomic mass is 9.98. The molecular weight excluding hydrogens is 422 g/mol. The van der Waals surface area contributed by atoms with Crippen LogP contribution in [0.3, 0.4) is 0 Å². The van der Waals surface area contributed by atoms with E-state index in [0.29, 0.717) is 17.2 Å². The van der Waals surface area contributed by atoms with Crippen molar-refractivity contribution < 1.29 is 19.2 Å². The molecule has 170 valence electrons. The van der Waals surface area contributed by atoms with Gasteiger partial charge in [0.05, 0.1) is 19.1 Å². The number of benzene rings is 3. The van der Waals surface area contributed by atoms with Gasteiger partial charge >= 0.3 is 0 Å². The van der Waals surface area contributed by atoms with Crippen LogP contribution in [0.15, 0.2) is 60.7 Å². The van der Waals surface area contributed by atoms with Crippen molar-refractivity contribution in [1.29, 1.82) is 0 Å². The van der Waals surface area contributed by atoms with E-state index in [9.17, 15) is 14.9 Å². The van der Waals surface area contributed by atoms with Crippen molar-refractivity contribution in [3.8, 4) is 11.5 Å². The number of anilines is 1. The molecular formula is C25H25N3O5. The molecule has 1 N–H and O–H groups in total. The third-order valence-corrected chi connectivity index (χ3v) is 5.75. The molecule has 0 unspecified atom stereocenters. The topological polar surface area (TPSA) is 93.9 Å². The van der Waals surface area contributed by atoms with Gasteiger partial charge in [0, 0.05) is 31.4 Å². The predicted octanol–water partition coefficient (Wildman–Crippen LogP) is 4.42. The van der Waals surface area contributed by atoms with E-state index < -0.39 is 10.8 Å². The number of amides is 1. The summed E-state index contributed by atoms with van der Waals surface area (Å²) < 4.78 is 10.7. The minimum absolute atomic E-state index is 0.0373. The van der Waals surface area contributed by atoms with Gasteiger partial charge in [-0.1, -0.05) is 24.3 Å². The maximum atomic E-state index is 12.7. The second kappa shape index (κ2) is 9.70. The van der Waals surface area contributed by atoms with Gasteiger partial charge in [0.1, 0.15) is 5.56 Å². The fourth-order valence-corrected chi connectivity index (χ4v) is 4.09. The number of rotatable bonds is 7. The average molecular weight is 447 g/mol. The SMILES string of the molecule is COc1ccc(CN2CCc3ccc(NC(=O)c4ccccc4[N+](=O)[O-])cc3C2)cc1OC. The number of nitro benzene ring substituents is 1. The van der Waals surface area contributed by atoms with Gasteiger partial charge in [-0.25, -0.2) is 0 Å². The van der Waals surface area contributed by atoms with Gasteiger partial charge in [0.25, 0.3) is 11.6 Å². The van der Waals surface area contributed by atoms with E-state index in [2.05, 4.69) is 10.2 Å². The molecule has 3 aromatic rings. The largest absolute Gasteiger partial charge is 0.493 e. The highest BCUT2D eigenvalue weighted by atomic mass is 16.6. The van der Waals surface area contributed by atoms with Crippen LogP contribution in [0.2, 0.25) is 0 Å². The second-order valence-electron chi connectivity index (χ2n) is 7.86. The third-order valence-electron chi connectivity index (χ3n) is 5.75. The van der Waals surface area contributed by atoms with Crippen LogP contribution < -0.4 is 14.8 Å². The number of para-hydroxylation sites is 1. The van der Waals surface area contributed by atoms with Crippen LogP contribution in [0.5, 0.6) is 11.5 Å². The summed E-state index contributed by atoms with van der Waals surface area (Å²) in [5.41, 5.74) is 3.93. The highest BCUT2D eigenvalue weighted by Crippen LogP contribution is 2.30. The number of hydrogen-bond donors (Lipinski definition) is 1. The monoisotopic (exact) mass is 447 g/mol. The van der Waals surface area contributed by atoms with Gasteiger partial charge in [-0.15, -0.1) is 0 Å². The summed E-state index contributed by atoms with van der Waals surface area (Å²) in [5.74, 6) is 0.900. The van der Waals surface area contributed by atoms with E-state index >= 15 is 0 Å². The van der Waals surface area contributed by atoms with Gasteiger partial charge in [-0.2, -0.15) is 0 Å². The van der Waals surface area contributed by atoms with Gasteiger partial charge < -0.3 is 14.8 Å². The number of methoxy groups -OCH3 is 2. The van der Waals surface area contributed by atoms with Crippen LogP contribution >= 0.6 is 0 Å². The molecule has 0 spiro atoms. The van der Waals surface area contributed by atoms with Crippen LogP contribution in [0.1, 0.15) is 27.0 Å². The van der Waals surface area contributed by atoms with Crippen molar-refractivity contribution in [1.82, 2.24) is 4.90 Å². The van der Waals surface area contributed by atoms with E-state index in [1.165, 1.54) is 17.7 Å². The Morgan fingerprint density at radius 2 is 1.82 bits per heavy atom. The van der Waals surface area contributed by atoms with Crippen LogP contribution in [0.25, 0.3) is 0 Å². The lowest BCUT2D eigenvalue weighted by molar-refractivity contribution is -0.385. The summed E-state index contributed by atoms with van der Waals surface area (Å²) in [4.78, 5) is 25.7. The van der Waals surface area contributed by atoms with Crippen LogP contribution in [-0.2, 0) is 19.5 Å². The number of fused-ring (bicyclic) bond motifs is 1. The first kappa shape index (κ1) is 22.3. The number of hydrogen-bond acceptors (Lipinski definition) is 6. The van der Waals surface area contributed by atoms with Crippen molar-refractivity contribution in [3.05, 3.63) is 93.0 Å². The first-order chi connectivity index (χ1) is 16.0. The van der Waals surface area contributed by atoms with Crippen molar-refractivity contribution in [3.63, 3.8) is 0 Å². The number of nitrogens with zero attached hydrogens (tertiary/aromatic N) is 2. The Balaban J connectivity index is 1.48. The summed E-state index contributed by atoms with van der Waals surface area (Å²) in [6.45, 7) is 2.41. The third kappa shape index (κ3) is 4.96. The lowest BCUT2D eigenvalue weighted by Crippen LogP contribution is -2.30. The zero-order chi connectivity index (χ0) is 23.4. The smallest absolute Gasteiger partial charge is 0.282 e. The highest BCUT2D eigenvalue weighted by molar-refractivity contribution is 6.07. The highest BCUT2D eigenvalue weighted by Gasteiger charge is 2.21. The fraction of sp³-hybridized carbons (Fsp3) is 0.240. The number of nitrogens with one attached hydrogen (secondary N) is 1. The summed E-state index contributed by atoms with van der Waals surface area (Å²) >= 11 is 0. The van der Waals surface area contributed by atoms with Crippen molar-refractivity contribution in [2.24, 2.45) is 0 Å². The van der Waals surface area contributed by atoms with Gasteiger partial charge in [-0.3, -0.25) is 19.8 Å². The van der Waals surface area contributed by atoms with Gasteiger partial charge in [-0.05, 0) is 53.4 Å². The molecule has 0 saturated carbocycles. The van der Waals surface area contributed by atoms with E-state index in [-0.39, 0.29) is 11.3 Å². The molecule has 1 aliphatic rings. The Kier molecular flexibility index (Phi) is 6.55. The molecule has 0 aliphatic carbocycles. The molecule has 0 saturated heterocycles. The molecule has 33 heavy (non-hydrogen) atoms. The van der Waals surface area contributed by atoms with E-state index in [0.717, 1.165) is 37.2 Å². The van der Waals surface area contributed by atoms with Crippen molar-refractivity contribution in [2.45, 2.75) is 19.5 Å². The van der Waals surface area contributed by atoms with Gasteiger partial charge in [0.2, 0.25) is 0 Å². The average Bonchev–Trinajstić information content (AvgIpc) is 2.83. The Labute approximate surface area is 191 Å². The lowest BCUT2D eigenvalue weighted by Gasteiger charge is -2.29. The number of nitro groups is 1. The molecule has 1 amide bonds. The van der Waals surface area contributed by atoms with E-state index in [4.69, 9.17) is 9.47 Å². The van der Waals surface area contributed by atoms with Crippen molar-refractivity contribution >= 4 is 17.3 Å². The summed E-state index contributed by atoms with van der Waals surface area (Å²) in [7, 11) is 3.24. The molecule has 4 rings (SSSR count). The number of ether oxygens (including phenoxy) is 2. The minimum atomic E-state index is -0.548. The Bertz CT molecular complexity index is 1190. The number of carbonyl (C=O) groups is 1. The molecule has 0 radical (unpaired) electrons. The molecule has 1 heterocycles. The molecule has 8 heteroatoms. The first-order valence-corrected chi connectivity index (χ1v) is 10.6. The van der Waals surface area contributed by atoms with E-state index in [1.54, 1.807) is 26.4 Å². The Morgan fingerprint density at radius 3 is 2.58 bits per heavy atom. The standard InChI is InChI=1S/C25H25N3O5/c1-32-23-10-7-17(13-24(23)33-2)15-27-12-11-18-8-9-20(14-19(18)16-27)26-25(29)21-5-3-4-6-22(21)28(30)31/h3-10,13-14H,11-12,15-16H2,1-2H3,(H,26,29). The minimum Gasteiger partial charge on any atom is -0.493 e. The molecule has 1 aliphatic heterocycles. The Morgan fingerprint density at radius 1 is 1.03 bits per heavy atom. The first-order valence-electron chi connectivity index (χ1n) is 10.6. The Hall–Kier alpha value is -3.91. The van der Waals surface area contributed by atoms with Crippen molar-refractivity contribution in [2.75, 3.05) is 26.1 Å². The molecule has 3 aromatic carbocycles. The second-order valence-corrected chi connectivity index (χ2v) is 7.86. The molecule has 0 fully saturated rings. The van der Waals surface area contributed by atoms with Crippen LogP contribution in [0, 0.1) is 10.1 Å². The maximum Gasteiger partial charge on any atom is 0.282 e. The zero-order valence-electron chi connectivity index (χ0n) is 18.5. The fourth-order valence-electron chi connectivity index (χ4n) is 4.09. The summed E-state index contributed by atoms with van der Waals surface area (Å²) in [6.07, 6.45) is 0.904. The molecule has 0 atom stereocenters. The van der Waals surface area contributed by atoms with Gasteiger partial charge in [0.15, 0.2) is 11.5 Å². The van der Waals surface area contributed by atoms with E-state index in [1.807, 2.05) is 36.4 Å². The maximum absolute atomic E-state index is 12.7. The zero-order valence-corrected chi connectivity index (χ0v) is 18.5. The quantitative estimate of drug-likeness (QED) is 0.426. The predicted molar refractivity (Wildman–Crippen MR) is 125 cm³/mol. The number of carbonyl (C=O) groups excluding carboxylic acids is 1.